The van der Waals surface area contributed by atoms with Crippen LogP contribution in [0.25, 0.3) is 259 Å². The molecule has 0 fully saturated rings. The molecule has 0 radical (unpaired) electrons. The highest BCUT2D eigenvalue weighted by atomic mass is 15.0. The highest BCUT2D eigenvalue weighted by Gasteiger charge is 2.27. The Balaban J connectivity index is 0.000000102. The number of hydrogen-bond donors (Lipinski definition) is 0. The minimum absolute atomic E-state index is 0.722. The molecule has 0 saturated carbocycles. The predicted molar refractivity (Wildman–Crippen MR) is 537 cm³/mol. The van der Waals surface area contributed by atoms with Gasteiger partial charge < -0.3 is 13.2 Å². The van der Waals surface area contributed by atoms with Gasteiger partial charge in [0.25, 0.3) is 0 Å². The first-order valence-electron chi connectivity index (χ1n) is 43.9. The predicted octanol–water partition coefficient (Wildman–Crippen LogP) is 31.0. The number of para-hydroxylation sites is 8. The first kappa shape index (κ1) is 73.2. The third-order valence-corrected chi connectivity index (χ3v) is 26.2. The second kappa shape index (κ2) is 29.7. The number of fused-ring (bicyclic) bond motifs is 21. The summed E-state index contributed by atoms with van der Waals surface area (Å²) in [5.41, 5.74) is 32.7. The average molecular weight is 1640 g/mol. The summed E-state index contributed by atoms with van der Waals surface area (Å²) in [5.74, 6) is 2.21. The van der Waals surface area contributed by atoms with E-state index in [0.717, 1.165) is 106 Å². The molecule has 0 N–H and O–H groups in total. The number of aromatic nitrogens is 9. The van der Waals surface area contributed by atoms with Crippen LogP contribution in [0.4, 0.5) is 0 Å². The lowest BCUT2D eigenvalue weighted by Crippen LogP contribution is -1.95. The minimum Gasteiger partial charge on any atom is -0.308 e. The average Bonchev–Trinajstić information content (AvgIpc) is 1.64. The maximum absolute atomic E-state index is 5.29. The first-order chi connectivity index (χ1) is 64.0. The first-order valence-corrected chi connectivity index (χ1v) is 43.9. The fourth-order valence-corrected chi connectivity index (χ4v) is 20.3. The van der Waals surface area contributed by atoms with Gasteiger partial charge in [-0.2, -0.15) is 0 Å². The molecule has 9 aromatic heterocycles. The van der Waals surface area contributed by atoms with Crippen molar-refractivity contribution >= 4 is 147 Å². The molecule has 28 rings (SSSR count). The van der Waals surface area contributed by atoms with Crippen LogP contribution in [0.2, 0.25) is 0 Å². The van der Waals surface area contributed by atoms with Crippen LogP contribution in [-0.4, -0.2) is 43.1 Å². The third kappa shape index (κ3) is 11.9. The van der Waals surface area contributed by atoms with Crippen LogP contribution in [0.3, 0.4) is 0 Å². The van der Waals surface area contributed by atoms with Crippen molar-refractivity contribution in [3.63, 3.8) is 0 Å². The molecule has 0 bridgehead atoms. The van der Waals surface area contributed by atoms with Gasteiger partial charge in [-0.1, -0.05) is 346 Å². The normalized spacial score (nSPS) is 11.9. The van der Waals surface area contributed by atoms with Gasteiger partial charge in [0.1, 0.15) is 0 Å². The molecular weight excluding hydrogens is 1570 g/mol. The van der Waals surface area contributed by atoms with Crippen molar-refractivity contribution in [3.8, 4) is 112 Å². The van der Waals surface area contributed by atoms with Crippen molar-refractivity contribution in [3.05, 3.63) is 443 Å². The zero-order chi connectivity index (χ0) is 84.7. The van der Waals surface area contributed by atoms with E-state index in [1.54, 1.807) is 0 Å². The van der Waals surface area contributed by atoms with Crippen LogP contribution in [0.15, 0.2) is 443 Å². The molecule has 0 aliphatic rings. The molecule has 28 aromatic rings. The molecule has 0 saturated heterocycles. The van der Waals surface area contributed by atoms with Crippen LogP contribution in [0.5, 0.6) is 0 Å². The van der Waals surface area contributed by atoms with E-state index in [9.17, 15) is 0 Å². The Bertz CT molecular complexity index is 9200. The van der Waals surface area contributed by atoms with Crippen LogP contribution in [0, 0.1) is 0 Å². The lowest BCUT2D eigenvalue weighted by atomic mass is 9.97. The third-order valence-electron chi connectivity index (χ3n) is 26.2. The number of nitrogens with zero attached hydrogens (tertiary/aromatic N) is 9. The molecule has 0 amide bonds. The smallest absolute Gasteiger partial charge is 0.161 e. The van der Waals surface area contributed by atoms with Gasteiger partial charge in [-0.25, -0.2) is 29.9 Å². The van der Waals surface area contributed by atoms with Crippen molar-refractivity contribution in [1.29, 1.82) is 0 Å². The number of hydrogen-bond acceptors (Lipinski definition) is 6. The van der Waals surface area contributed by atoms with E-state index in [1.165, 1.54) is 153 Å². The van der Waals surface area contributed by atoms with E-state index in [2.05, 4.69) is 426 Å². The van der Waals surface area contributed by atoms with Crippen LogP contribution >= 0.6 is 0 Å². The maximum Gasteiger partial charge on any atom is 0.161 e. The van der Waals surface area contributed by atoms with E-state index in [0.29, 0.717) is 0 Å². The quantitative estimate of drug-likeness (QED) is 0.135. The van der Waals surface area contributed by atoms with E-state index in [-0.39, 0.29) is 0 Å². The Labute approximate surface area is 740 Å². The van der Waals surface area contributed by atoms with Crippen LogP contribution in [0.1, 0.15) is 0 Å². The molecule has 0 atom stereocenters. The highest BCUT2D eigenvalue weighted by molar-refractivity contribution is 6.29. The molecule has 129 heavy (non-hydrogen) atoms. The topological polar surface area (TPSA) is 90.6 Å². The summed E-state index contributed by atoms with van der Waals surface area (Å²) in [7, 11) is 0. The van der Waals surface area contributed by atoms with Crippen LogP contribution < -0.4 is 0 Å². The van der Waals surface area contributed by atoms with Crippen molar-refractivity contribution in [1.82, 2.24) is 43.1 Å². The molecule has 19 aromatic carbocycles. The van der Waals surface area contributed by atoms with E-state index in [1.807, 2.05) is 30.3 Å². The van der Waals surface area contributed by atoms with Crippen molar-refractivity contribution < 1.29 is 0 Å². The molecular formula is C120H73N9. The summed E-state index contributed by atoms with van der Waals surface area (Å²) in [6.07, 6.45) is 0. The molecule has 9 heterocycles. The standard InChI is InChI=1S/C44H27N3.2C38H23N3/c1-2-11-28(12-3-1)29-21-23-30(24-22-29)42-36-17-4-7-18-39(36)45-44(46-42)32-14-10-13-31(25-32)33-26-37-34-15-5-8-19-40(34)47-41-20-9-6-16-35(41)38(27-33)43(37)47;1-3-11-24(12-4-1)26-19-20-35-30(21-26)32-23-27(22-31-28-15-8-10-18-34(28)41(35)37(31)32)38-39-33-17-9-7-16-29(33)36(40-38)25-13-5-2-6-14-25;1-2-10-24(11-3-1)25-18-20-26(21-19-25)36-29-13-4-7-15-32(29)39-38(40-36)31-23-22-28-27-12-5-8-16-33(27)41-34-17-9-6-14-30(34)35(31)37(28)41/h1-27H;2*1-23H. The molecule has 9 nitrogen and oxygen atoms in total. The lowest BCUT2D eigenvalue weighted by molar-refractivity contribution is 1.23. The maximum atomic E-state index is 5.29. The van der Waals surface area contributed by atoms with Gasteiger partial charge in [0.05, 0.1) is 83.3 Å². The van der Waals surface area contributed by atoms with Gasteiger partial charge in [0.15, 0.2) is 17.5 Å². The van der Waals surface area contributed by atoms with Gasteiger partial charge in [0, 0.05) is 114 Å². The SMILES string of the molecule is c1ccc(-c2ccc(-c3nc(-c4ccc5c6ccccc6n6c7ccccc7c4c56)nc4ccccc34)cc2)cc1.c1ccc(-c2ccc(-c3nc(-c4cccc(-c5cc6c7ccccc7n7c8ccccc8c(c5)c67)c4)nc4ccccc34)cc2)cc1.c1ccc(-c2ccc3c(c2)c2cc(-c4nc(-c5ccccc5)c5ccccc5n4)cc4c5ccccc5n3c42)cc1. The Hall–Kier alpha value is -17.4. The fraction of sp³-hybridized carbons (Fsp3) is 0. The molecule has 598 valence electrons. The van der Waals surface area contributed by atoms with Crippen molar-refractivity contribution in [2.45, 2.75) is 0 Å². The van der Waals surface area contributed by atoms with Gasteiger partial charge in [-0.3, -0.25) is 0 Å². The largest absolute Gasteiger partial charge is 0.308 e. The number of benzene rings is 19. The zero-order valence-corrected chi connectivity index (χ0v) is 69.7. The van der Waals surface area contributed by atoms with E-state index < -0.39 is 0 Å². The summed E-state index contributed by atoms with van der Waals surface area (Å²) in [6.45, 7) is 0. The zero-order valence-electron chi connectivity index (χ0n) is 69.7. The molecule has 9 heteroatoms. The van der Waals surface area contributed by atoms with Crippen molar-refractivity contribution in [2.75, 3.05) is 0 Å². The van der Waals surface area contributed by atoms with Crippen molar-refractivity contribution in [2.24, 2.45) is 0 Å². The lowest BCUT2D eigenvalue weighted by Gasteiger charge is -2.11. The summed E-state index contributed by atoms with van der Waals surface area (Å²) in [6, 6.07) is 157. The Morgan fingerprint density at radius 1 is 0.140 bits per heavy atom. The molecule has 0 aliphatic carbocycles. The summed E-state index contributed by atoms with van der Waals surface area (Å²) in [5, 5.41) is 18.1. The van der Waals surface area contributed by atoms with Gasteiger partial charge >= 0.3 is 0 Å². The van der Waals surface area contributed by atoms with Crippen LogP contribution in [-0.2, 0) is 0 Å². The molecule has 0 spiro atoms. The Kier molecular flexibility index (Phi) is 16.8. The highest BCUT2D eigenvalue weighted by Crippen LogP contribution is 2.48. The van der Waals surface area contributed by atoms with Gasteiger partial charge in [-0.15, -0.1) is 0 Å². The monoisotopic (exact) mass is 1640 g/mol. The van der Waals surface area contributed by atoms with E-state index in [4.69, 9.17) is 29.9 Å². The van der Waals surface area contributed by atoms with E-state index >= 15 is 0 Å². The fourth-order valence-electron chi connectivity index (χ4n) is 20.3. The van der Waals surface area contributed by atoms with Gasteiger partial charge in [0.2, 0.25) is 0 Å². The molecule has 0 aliphatic heterocycles. The summed E-state index contributed by atoms with van der Waals surface area (Å²) >= 11 is 0. The minimum atomic E-state index is 0.722. The van der Waals surface area contributed by atoms with Gasteiger partial charge in [-0.05, 0) is 142 Å². The Morgan fingerprint density at radius 2 is 0.426 bits per heavy atom. The number of rotatable bonds is 10. The second-order valence-electron chi connectivity index (χ2n) is 33.5. The summed E-state index contributed by atoms with van der Waals surface area (Å²) < 4.78 is 7.25. The molecule has 0 unspecified atom stereocenters. The summed E-state index contributed by atoms with van der Waals surface area (Å²) in [4.78, 5) is 31.0. The Morgan fingerprint density at radius 3 is 0.899 bits per heavy atom. The second-order valence-corrected chi connectivity index (χ2v) is 33.5.